The largest absolute Gasteiger partial charge is 0.493 e. The lowest BCUT2D eigenvalue weighted by atomic mass is 10.1. The van der Waals surface area contributed by atoms with Gasteiger partial charge in [-0.1, -0.05) is 52.3 Å². The van der Waals surface area contributed by atoms with E-state index >= 15 is 0 Å². The van der Waals surface area contributed by atoms with Crippen LogP contribution in [0.4, 0.5) is 5.69 Å². The molecule has 0 heterocycles. The average molecular weight is 477 g/mol. The minimum Gasteiger partial charge on any atom is -0.493 e. The zero-order chi connectivity index (χ0) is 22.2. The molecule has 0 saturated carbocycles. The van der Waals surface area contributed by atoms with Gasteiger partial charge in [0.1, 0.15) is 18.2 Å². The number of hydrogen-bond donors (Lipinski definition) is 1. The average Bonchev–Trinajstić information content (AvgIpc) is 2.78. The Hall–Kier alpha value is -3.56. The van der Waals surface area contributed by atoms with E-state index in [0.29, 0.717) is 29.4 Å². The molecule has 3 rings (SSSR count). The van der Waals surface area contributed by atoms with E-state index in [1.54, 1.807) is 31.4 Å². The highest BCUT2D eigenvalue weighted by Crippen LogP contribution is 2.30. The van der Waals surface area contributed by atoms with Crippen molar-refractivity contribution in [1.82, 2.24) is 0 Å². The Labute approximate surface area is 190 Å². The highest BCUT2D eigenvalue weighted by Gasteiger charge is 2.12. The molecule has 0 aromatic heterocycles. The Morgan fingerprint density at radius 1 is 1.10 bits per heavy atom. The van der Waals surface area contributed by atoms with E-state index in [4.69, 9.17) is 9.47 Å². The maximum Gasteiger partial charge on any atom is 0.266 e. The number of nitrogens with zero attached hydrogens (tertiary/aromatic N) is 1. The van der Waals surface area contributed by atoms with Crippen LogP contribution in [0, 0.1) is 18.3 Å². The predicted octanol–water partition coefficient (Wildman–Crippen LogP) is 5.89. The van der Waals surface area contributed by atoms with Crippen LogP contribution < -0.4 is 14.8 Å². The lowest BCUT2D eigenvalue weighted by Gasteiger charge is -2.12. The van der Waals surface area contributed by atoms with Crippen LogP contribution in [0.25, 0.3) is 6.08 Å². The number of rotatable bonds is 7. The lowest BCUT2D eigenvalue weighted by molar-refractivity contribution is -0.112. The van der Waals surface area contributed by atoms with E-state index in [1.807, 2.05) is 55.5 Å². The van der Waals surface area contributed by atoms with Crippen molar-refractivity contribution < 1.29 is 14.3 Å². The fourth-order valence-corrected chi connectivity index (χ4v) is 3.12. The van der Waals surface area contributed by atoms with E-state index in [2.05, 4.69) is 21.2 Å². The molecule has 1 amide bonds. The van der Waals surface area contributed by atoms with Crippen molar-refractivity contribution in [1.29, 1.82) is 5.26 Å². The fraction of sp³-hybridized carbons (Fsp3) is 0.120. The smallest absolute Gasteiger partial charge is 0.266 e. The van der Waals surface area contributed by atoms with Crippen molar-refractivity contribution in [3.8, 4) is 17.6 Å². The van der Waals surface area contributed by atoms with E-state index in [1.165, 1.54) is 6.08 Å². The summed E-state index contributed by atoms with van der Waals surface area (Å²) in [6, 6.07) is 22.5. The third kappa shape index (κ3) is 5.97. The molecule has 3 aromatic carbocycles. The van der Waals surface area contributed by atoms with Crippen LogP contribution in [-0.2, 0) is 11.4 Å². The number of halogens is 1. The van der Waals surface area contributed by atoms with Gasteiger partial charge >= 0.3 is 0 Å². The Bertz CT molecular complexity index is 1150. The summed E-state index contributed by atoms with van der Waals surface area (Å²) in [6.07, 6.45) is 1.52. The van der Waals surface area contributed by atoms with Crippen LogP contribution in [0.3, 0.4) is 0 Å². The highest BCUT2D eigenvalue weighted by molar-refractivity contribution is 9.10. The highest BCUT2D eigenvalue weighted by atomic mass is 79.9. The zero-order valence-corrected chi connectivity index (χ0v) is 18.8. The zero-order valence-electron chi connectivity index (χ0n) is 17.2. The third-order valence-electron chi connectivity index (χ3n) is 4.56. The van der Waals surface area contributed by atoms with Gasteiger partial charge in [-0.3, -0.25) is 4.79 Å². The fourth-order valence-electron chi connectivity index (χ4n) is 2.85. The number of carbonyl (C=O) groups excluding carboxylic acids is 1. The van der Waals surface area contributed by atoms with Crippen LogP contribution in [0.5, 0.6) is 11.5 Å². The normalized spacial score (nSPS) is 10.8. The number of hydrogen-bond acceptors (Lipinski definition) is 4. The second-order valence-electron chi connectivity index (χ2n) is 6.76. The number of anilines is 1. The SMILES string of the molecule is COc1cc(/C=C(/C#N)C(=O)Nc2ccccc2C)ccc1OCc1ccc(Br)cc1. The number of methoxy groups -OCH3 is 1. The molecule has 5 nitrogen and oxygen atoms in total. The summed E-state index contributed by atoms with van der Waals surface area (Å²) >= 11 is 3.41. The number of ether oxygens (including phenoxy) is 2. The first kappa shape index (κ1) is 22.1. The maximum absolute atomic E-state index is 12.5. The minimum absolute atomic E-state index is 0.00571. The molecule has 0 aliphatic heterocycles. The van der Waals surface area contributed by atoms with Gasteiger partial charge in [0.25, 0.3) is 5.91 Å². The van der Waals surface area contributed by atoms with Gasteiger partial charge in [-0.2, -0.15) is 5.26 Å². The maximum atomic E-state index is 12.5. The number of benzene rings is 3. The molecule has 0 radical (unpaired) electrons. The Balaban J connectivity index is 1.75. The molecule has 156 valence electrons. The Kier molecular flexibility index (Phi) is 7.47. The van der Waals surface area contributed by atoms with Crippen LogP contribution in [-0.4, -0.2) is 13.0 Å². The number of nitrogens with one attached hydrogen (secondary N) is 1. The quantitative estimate of drug-likeness (QED) is 0.340. The summed E-state index contributed by atoms with van der Waals surface area (Å²) in [5.41, 5.74) is 3.26. The van der Waals surface area contributed by atoms with Crippen LogP contribution in [0.15, 0.2) is 76.8 Å². The standard InChI is InChI=1S/C25H21BrN2O3/c1-17-5-3-4-6-22(17)28-25(29)20(15-27)13-19-9-12-23(24(14-19)30-2)31-16-18-7-10-21(26)11-8-18/h3-14H,16H2,1-2H3,(H,28,29)/b20-13-. The summed E-state index contributed by atoms with van der Waals surface area (Å²) in [4.78, 5) is 12.5. The summed E-state index contributed by atoms with van der Waals surface area (Å²) in [6.45, 7) is 2.28. The van der Waals surface area contributed by atoms with Gasteiger partial charge in [-0.15, -0.1) is 0 Å². The van der Waals surface area contributed by atoms with Gasteiger partial charge in [0.15, 0.2) is 11.5 Å². The molecule has 1 N–H and O–H groups in total. The molecular formula is C25H21BrN2O3. The van der Waals surface area contributed by atoms with Crippen molar-refractivity contribution in [2.75, 3.05) is 12.4 Å². The summed E-state index contributed by atoms with van der Waals surface area (Å²) < 4.78 is 12.3. The Morgan fingerprint density at radius 2 is 1.84 bits per heavy atom. The van der Waals surface area contributed by atoms with Crippen molar-refractivity contribution in [3.05, 3.63) is 93.5 Å². The van der Waals surface area contributed by atoms with Gasteiger partial charge in [0, 0.05) is 10.2 Å². The molecule has 0 spiro atoms. The molecule has 6 heteroatoms. The van der Waals surface area contributed by atoms with E-state index in [9.17, 15) is 10.1 Å². The van der Waals surface area contributed by atoms with Gasteiger partial charge in [0.05, 0.1) is 7.11 Å². The number of nitriles is 1. The summed E-state index contributed by atoms with van der Waals surface area (Å²) in [5, 5.41) is 12.3. The number of para-hydroxylation sites is 1. The lowest BCUT2D eigenvalue weighted by Crippen LogP contribution is -2.14. The summed E-state index contributed by atoms with van der Waals surface area (Å²) in [5.74, 6) is 0.624. The first-order chi connectivity index (χ1) is 15.0. The van der Waals surface area contributed by atoms with E-state index in [-0.39, 0.29) is 5.57 Å². The second-order valence-corrected chi connectivity index (χ2v) is 7.68. The topological polar surface area (TPSA) is 71.3 Å². The molecule has 31 heavy (non-hydrogen) atoms. The van der Waals surface area contributed by atoms with Gasteiger partial charge in [-0.05, 0) is 60.0 Å². The third-order valence-corrected chi connectivity index (χ3v) is 5.09. The van der Waals surface area contributed by atoms with Crippen LogP contribution >= 0.6 is 15.9 Å². The van der Waals surface area contributed by atoms with Gasteiger partial charge in [-0.25, -0.2) is 0 Å². The first-order valence-corrected chi connectivity index (χ1v) is 10.3. The van der Waals surface area contributed by atoms with Gasteiger partial charge in [0.2, 0.25) is 0 Å². The monoisotopic (exact) mass is 476 g/mol. The first-order valence-electron chi connectivity index (χ1n) is 9.54. The number of carbonyl (C=O) groups is 1. The molecule has 0 unspecified atom stereocenters. The molecular weight excluding hydrogens is 456 g/mol. The molecule has 0 saturated heterocycles. The second kappa shape index (κ2) is 10.5. The minimum atomic E-state index is -0.466. The Morgan fingerprint density at radius 3 is 2.52 bits per heavy atom. The van der Waals surface area contributed by atoms with Gasteiger partial charge < -0.3 is 14.8 Å². The number of aryl methyl sites for hydroxylation is 1. The number of amides is 1. The van der Waals surface area contributed by atoms with Crippen molar-refractivity contribution >= 4 is 33.6 Å². The van der Waals surface area contributed by atoms with Crippen molar-refractivity contribution in [3.63, 3.8) is 0 Å². The predicted molar refractivity (Wildman–Crippen MR) is 125 cm³/mol. The summed E-state index contributed by atoms with van der Waals surface area (Å²) in [7, 11) is 1.55. The van der Waals surface area contributed by atoms with E-state index < -0.39 is 5.91 Å². The molecule has 0 aliphatic rings. The van der Waals surface area contributed by atoms with Crippen molar-refractivity contribution in [2.45, 2.75) is 13.5 Å². The molecule has 0 bridgehead atoms. The van der Waals surface area contributed by atoms with Crippen LogP contribution in [0.1, 0.15) is 16.7 Å². The molecule has 0 atom stereocenters. The molecule has 0 aliphatic carbocycles. The van der Waals surface area contributed by atoms with E-state index in [0.717, 1.165) is 15.6 Å². The molecule has 3 aromatic rings. The molecule has 0 fully saturated rings. The van der Waals surface area contributed by atoms with Crippen molar-refractivity contribution in [2.24, 2.45) is 0 Å². The van der Waals surface area contributed by atoms with Crippen LogP contribution in [0.2, 0.25) is 0 Å².